The summed E-state index contributed by atoms with van der Waals surface area (Å²) < 4.78 is 0. The molecule has 2 heterocycles. The van der Waals surface area contributed by atoms with Gasteiger partial charge in [0, 0.05) is 42.6 Å². The average molecular weight is 503 g/mol. The maximum Gasteiger partial charge on any atom is 0.244 e. The smallest absolute Gasteiger partial charge is 0.244 e. The minimum atomic E-state index is -0.875. The number of fused-ring (bicyclic) bond motifs is 2. The standard InChI is InChI=1S/C28H34N6O3/c1-17(35)32-25(14-19-16-31-23-12-8-6-10-21(19)23)34-26(36)24(33-27(37)28(2,3)29-4)13-18-15-30-22-11-7-5-9-20(18)22/h5-12,15-16,19,24-25,29-30H,13-14H2,1-4H3,(H,32,35)(H,33,37)(H,34,36)/t19-,24-,25-/m1/s1. The zero-order valence-corrected chi connectivity index (χ0v) is 21.6. The minimum Gasteiger partial charge on any atom is -0.361 e. The molecule has 0 bridgehead atoms. The molecular formula is C28H34N6O3. The number of H-pyrrole nitrogens is 1. The van der Waals surface area contributed by atoms with Gasteiger partial charge in [0.15, 0.2) is 0 Å². The van der Waals surface area contributed by atoms with E-state index in [2.05, 4.69) is 31.2 Å². The molecule has 3 amide bonds. The van der Waals surface area contributed by atoms with E-state index >= 15 is 0 Å². The summed E-state index contributed by atoms with van der Waals surface area (Å²) in [7, 11) is 1.70. The molecule has 9 nitrogen and oxygen atoms in total. The average Bonchev–Trinajstić information content (AvgIpc) is 3.47. The fourth-order valence-corrected chi connectivity index (χ4v) is 4.46. The van der Waals surface area contributed by atoms with Crippen LogP contribution >= 0.6 is 0 Å². The van der Waals surface area contributed by atoms with Gasteiger partial charge in [-0.3, -0.25) is 19.4 Å². The second-order valence-corrected chi connectivity index (χ2v) is 9.91. The number of nitrogens with one attached hydrogen (secondary N) is 5. The highest BCUT2D eigenvalue weighted by Crippen LogP contribution is 2.34. The number of hydrogen-bond donors (Lipinski definition) is 5. The van der Waals surface area contributed by atoms with Crippen LogP contribution in [0.25, 0.3) is 10.9 Å². The Bertz CT molecular complexity index is 1330. The molecule has 3 aromatic rings. The summed E-state index contributed by atoms with van der Waals surface area (Å²) in [6.45, 7) is 4.91. The SMILES string of the molecule is CNC(C)(C)C(=O)N[C@H](Cc1c[nH]c2ccccc12)C(=O)N[C@H](C[C@@H]1C=Nc2ccccc21)NC(C)=O. The molecule has 5 N–H and O–H groups in total. The van der Waals surface area contributed by atoms with Crippen molar-refractivity contribution in [2.45, 2.75) is 57.3 Å². The molecule has 0 saturated carbocycles. The van der Waals surface area contributed by atoms with Crippen molar-refractivity contribution in [3.63, 3.8) is 0 Å². The van der Waals surface area contributed by atoms with Crippen LogP contribution in [-0.4, -0.2) is 53.7 Å². The van der Waals surface area contributed by atoms with Crippen molar-refractivity contribution in [3.8, 4) is 0 Å². The van der Waals surface area contributed by atoms with E-state index in [1.807, 2.05) is 60.9 Å². The molecule has 1 aromatic heterocycles. The van der Waals surface area contributed by atoms with Gasteiger partial charge in [-0.25, -0.2) is 0 Å². The van der Waals surface area contributed by atoms with Crippen LogP contribution in [0, 0.1) is 0 Å². The van der Waals surface area contributed by atoms with E-state index in [9.17, 15) is 14.4 Å². The van der Waals surface area contributed by atoms with E-state index in [1.54, 1.807) is 20.9 Å². The highest BCUT2D eigenvalue weighted by molar-refractivity contribution is 5.93. The lowest BCUT2D eigenvalue weighted by Crippen LogP contribution is -2.59. The molecule has 0 unspecified atom stereocenters. The van der Waals surface area contributed by atoms with Gasteiger partial charge in [0.25, 0.3) is 0 Å². The van der Waals surface area contributed by atoms with Crippen molar-refractivity contribution in [2.75, 3.05) is 7.05 Å². The lowest BCUT2D eigenvalue weighted by molar-refractivity contribution is -0.132. The summed E-state index contributed by atoms with van der Waals surface area (Å²) >= 11 is 0. The highest BCUT2D eigenvalue weighted by atomic mass is 16.2. The van der Waals surface area contributed by atoms with E-state index in [0.717, 1.165) is 27.7 Å². The molecule has 9 heteroatoms. The Labute approximate surface area is 216 Å². The van der Waals surface area contributed by atoms with Crippen LogP contribution in [0.2, 0.25) is 0 Å². The lowest BCUT2D eigenvalue weighted by atomic mass is 9.96. The van der Waals surface area contributed by atoms with Crippen molar-refractivity contribution >= 4 is 40.5 Å². The largest absolute Gasteiger partial charge is 0.361 e. The van der Waals surface area contributed by atoms with Gasteiger partial charge in [-0.05, 0) is 50.6 Å². The Hall–Kier alpha value is -3.98. The topological polar surface area (TPSA) is 127 Å². The van der Waals surface area contributed by atoms with Gasteiger partial charge in [0.2, 0.25) is 17.7 Å². The minimum absolute atomic E-state index is 0.0572. The number of rotatable bonds is 10. The molecule has 0 spiro atoms. The molecule has 0 fully saturated rings. The second-order valence-electron chi connectivity index (χ2n) is 9.91. The second kappa shape index (κ2) is 11.0. The Morgan fingerprint density at radius 1 is 1.03 bits per heavy atom. The van der Waals surface area contributed by atoms with Gasteiger partial charge < -0.3 is 26.3 Å². The first kappa shape index (κ1) is 26.1. The molecule has 194 valence electrons. The Morgan fingerprint density at radius 3 is 2.51 bits per heavy atom. The molecule has 0 radical (unpaired) electrons. The molecule has 3 atom stereocenters. The maximum atomic E-state index is 13.6. The number of aromatic nitrogens is 1. The number of para-hydroxylation sites is 2. The van der Waals surface area contributed by atoms with Crippen molar-refractivity contribution < 1.29 is 14.4 Å². The molecule has 1 aliphatic rings. The maximum absolute atomic E-state index is 13.6. The van der Waals surface area contributed by atoms with Gasteiger partial charge >= 0.3 is 0 Å². The van der Waals surface area contributed by atoms with Crippen LogP contribution in [0.1, 0.15) is 44.2 Å². The molecule has 1 aliphatic heterocycles. The van der Waals surface area contributed by atoms with Gasteiger partial charge in [-0.15, -0.1) is 0 Å². The van der Waals surface area contributed by atoms with E-state index in [0.29, 0.717) is 6.42 Å². The quantitative estimate of drug-likeness (QED) is 0.273. The van der Waals surface area contributed by atoms with Crippen molar-refractivity contribution in [3.05, 3.63) is 65.9 Å². The van der Waals surface area contributed by atoms with E-state index < -0.39 is 17.7 Å². The fourth-order valence-electron chi connectivity index (χ4n) is 4.46. The number of aromatic amines is 1. The van der Waals surface area contributed by atoms with Crippen LogP contribution in [0.15, 0.2) is 59.7 Å². The third kappa shape index (κ3) is 6.06. The summed E-state index contributed by atoms with van der Waals surface area (Å²) in [4.78, 5) is 46.3. The number of nitrogens with zero attached hydrogens (tertiary/aromatic N) is 1. The molecular weight excluding hydrogens is 468 g/mol. The summed E-state index contributed by atoms with van der Waals surface area (Å²) in [6.07, 6.45) is 3.76. The highest BCUT2D eigenvalue weighted by Gasteiger charge is 2.32. The first-order valence-corrected chi connectivity index (χ1v) is 12.4. The van der Waals surface area contributed by atoms with Gasteiger partial charge in [0.1, 0.15) is 12.2 Å². The van der Waals surface area contributed by atoms with Crippen LogP contribution < -0.4 is 21.3 Å². The van der Waals surface area contributed by atoms with E-state index in [4.69, 9.17) is 0 Å². The Kier molecular flexibility index (Phi) is 7.73. The summed E-state index contributed by atoms with van der Waals surface area (Å²) in [5.74, 6) is -1.00. The molecule has 0 saturated heterocycles. The van der Waals surface area contributed by atoms with Crippen molar-refractivity contribution in [2.24, 2.45) is 4.99 Å². The number of carbonyl (C=O) groups excluding carboxylic acids is 3. The number of amides is 3. The Balaban J connectivity index is 1.56. The Morgan fingerprint density at radius 2 is 1.76 bits per heavy atom. The first-order chi connectivity index (χ1) is 17.7. The zero-order chi connectivity index (χ0) is 26.6. The van der Waals surface area contributed by atoms with Crippen LogP contribution in [0.5, 0.6) is 0 Å². The van der Waals surface area contributed by atoms with Crippen molar-refractivity contribution in [1.29, 1.82) is 0 Å². The summed E-state index contributed by atoms with van der Waals surface area (Å²) in [5, 5.41) is 12.7. The molecule has 2 aromatic carbocycles. The predicted molar refractivity (Wildman–Crippen MR) is 145 cm³/mol. The van der Waals surface area contributed by atoms with E-state index in [1.165, 1.54) is 6.92 Å². The number of likely N-dealkylation sites (N-methyl/N-ethyl adjacent to an activating group) is 1. The van der Waals surface area contributed by atoms with Crippen molar-refractivity contribution in [1.82, 2.24) is 26.3 Å². The third-order valence-corrected chi connectivity index (χ3v) is 6.83. The summed E-state index contributed by atoms with van der Waals surface area (Å²) in [5.41, 5.74) is 2.92. The van der Waals surface area contributed by atoms with Crippen LogP contribution in [-0.2, 0) is 20.8 Å². The monoisotopic (exact) mass is 502 g/mol. The fraction of sp³-hybridized carbons (Fsp3) is 0.357. The van der Waals surface area contributed by atoms with Crippen LogP contribution in [0.3, 0.4) is 0 Å². The predicted octanol–water partition coefficient (Wildman–Crippen LogP) is 2.66. The number of carbonyl (C=O) groups is 3. The van der Waals surface area contributed by atoms with Gasteiger partial charge in [-0.2, -0.15) is 0 Å². The summed E-state index contributed by atoms with van der Waals surface area (Å²) in [6, 6.07) is 14.8. The molecule has 4 rings (SSSR count). The van der Waals surface area contributed by atoms with Crippen LogP contribution in [0.4, 0.5) is 5.69 Å². The van der Waals surface area contributed by atoms with E-state index in [-0.39, 0.29) is 30.1 Å². The lowest BCUT2D eigenvalue weighted by Gasteiger charge is -2.29. The molecule has 37 heavy (non-hydrogen) atoms. The third-order valence-electron chi connectivity index (χ3n) is 6.83. The normalized spacial score (nSPS) is 16.2. The number of benzene rings is 2. The van der Waals surface area contributed by atoms with Gasteiger partial charge in [-0.1, -0.05) is 36.4 Å². The first-order valence-electron chi connectivity index (χ1n) is 12.4. The van der Waals surface area contributed by atoms with Gasteiger partial charge in [0.05, 0.1) is 11.2 Å². The molecule has 0 aliphatic carbocycles. The number of hydrogen-bond acceptors (Lipinski definition) is 5. The number of aliphatic imine (C=N–C) groups is 1. The zero-order valence-electron chi connectivity index (χ0n) is 21.6.